The van der Waals surface area contributed by atoms with Crippen LogP contribution in [0.1, 0.15) is 5.56 Å². The molecule has 35 heavy (non-hydrogen) atoms. The third-order valence-electron chi connectivity index (χ3n) is 6.42. The van der Waals surface area contributed by atoms with Gasteiger partial charge in [0.15, 0.2) is 9.84 Å². The Kier molecular flexibility index (Phi) is 6.30. The van der Waals surface area contributed by atoms with Crippen molar-refractivity contribution in [3.63, 3.8) is 0 Å². The van der Waals surface area contributed by atoms with E-state index >= 15 is 0 Å². The number of amides is 1. The molecular formula is C27H26FN3O3S. The predicted octanol–water partition coefficient (Wildman–Crippen LogP) is 4.10. The zero-order valence-electron chi connectivity index (χ0n) is 19.2. The lowest BCUT2D eigenvalue weighted by molar-refractivity contribution is -0.132. The lowest BCUT2D eigenvalue weighted by atomic mass is 10.2. The number of piperazine rings is 1. The van der Waals surface area contributed by atoms with Gasteiger partial charge in [0.2, 0.25) is 5.91 Å². The molecule has 2 heterocycles. The summed E-state index contributed by atoms with van der Waals surface area (Å²) in [6.07, 6.45) is 1.56. The minimum absolute atomic E-state index is 0.0408. The van der Waals surface area contributed by atoms with Gasteiger partial charge in [-0.25, -0.2) is 12.8 Å². The van der Waals surface area contributed by atoms with Crippen LogP contribution in [-0.2, 0) is 26.9 Å². The van der Waals surface area contributed by atoms with E-state index in [1.165, 1.54) is 24.3 Å². The number of anilines is 1. The highest BCUT2D eigenvalue weighted by atomic mass is 32.2. The summed E-state index contributed by atoms with van der Waals surface area (Å²) in [5.74, 6) is -0.691. The monoisotopic (exact) mass is 491 g/mol. The van der Waals surface area contributed by atoms with Gasteiger partial charge in [-0.15, -0.1) is 0 Å². The molecule has 3 aromatic carbocycles. The first kappa shape index (κ1) is 23.1. The number of hydrogen-bond donors (Lipinski definition) is 0. The van der Waals surface area contributed by atoms with Crippen LogP contribution in [0.3, 0.4) is 0 Å². The maximum Gasteiger partial charge on any atom is 0.242 e. The number of sulfone groups is 1. The van der Waals surface area contributed by atoms with Crippen molar-refractivity contribution >= 4 is 32.3 Å². The molecule has 1 aliphatic rings. The summed E-state index contributed by atoms with van der Waals surface area (Å²) < 4.78 is 41.5. The van der Waals surface area contributed by atoms with E-state index in [9.17, 15) is 17.6 Å². The number of para-hydroxylation sites is 2. The number of aromatic nitrogens is 1. The van der Waals surface area contributed by atoms with Gasteiger partial charge in [0, 0.05) is 49.0 Å². The van der Waals surface area contributed by atoms with Crippen molar-refractivity contribution in [1.29, 1.82) is 0 Å². The molecule has 4 aromatic rings. The van der Waals surface area contributed by atoms with E-state index in [2.05, 4.69) is 17.0 Å². The molecule has 0 radical (unpaired) electrons. The Bertz CT molecular complexity index is 1440. The minimum atomic E-state index is -3.71. The van der Waals surface area contributed by atoms with Crippen LogP contribution < -0.4 is 4.90 Å². The number of halogens is 1. The molecule has 0 spiro atoms. The lowest BCUT2D eigenvalue weighted by Crippen LogP contribution is -2.49. The average molecular weight is 492 g/mol. The zero-order valence-corrected chi connectivity index (χ0v) is 20.0. The number of rotatable bonds is 6. The second-order valence-electron chi connectivity index (χ2n) is 8.73. The van der Waals surface area contributed by atoms with Crippen molar-refractivity contribution in [2.75, 3.05) is 31.1 Å². The van der Waals surface area contributed by atoms with Gasteiger partial charge in [-0.2, -0.15) is 0 Å². The fraction of sp³-hybridized carbons (Fsp3) is 0.222. The fourth-order valence-electron chi connectivity index (χ4n) is 4.57. The number of carbonyl (C=O) groups is 1. The summed E-state index contributed by atoms with van der Waals surface area (Å²) in [6, 6.07) is 22.8. The van der Waals surface area contributed by atoms with E-state index < -0.39 is 15.7 Å². The number of nitrogens with zero attached hydrogens (tertiary/aromatic N) is 3. The molecule has 6 nitrogen and oxygen atoms in total. The van der Waals surface area contributed by atoms with Gasteiger partial charge in [0.05, 0.1) is 10.6 Å². The highest BCUT2D eigenvalue weighted by molar-refractivity contribution is 7.90. The highest BCUT2D eigenvalue weighted by Gasteiger charge is 2.25. The van der Waals surface area contributed by atoms with Gasteiger partial charge in [-0.05, 0) is 35.9 Å². The molecule has 1 fully saturated rings. The van der Waals surface area contributed by atoms with Gasteiger partial charge < -0.3 is 14.4 Å². The molecule has 180 valence electrons. The van der Waals surface area contributed by atoms with Gasteiger partial charge >= 0.3 is 0 Å². The first-order valence-corrected chi connectivity index (χ1v) is 13.2. The topological polar surface area (TPSA) is 62.6 Å². The standard InChI is InChI=1S/C27H26FN3O3S/c28-22-12-10-21(11-13-22)20-35(33,34)26-18-31(25-9-5-4-8-24(25)26)19-27(32)30-16-14-29(15-17-30)23-6-2-1-3-7-23/h1-13,18H,14-17,19-20H2. The molecule has 1 amide bonds. The third kappa shape index (κ3) is 4.93. The van der Waals surface area contributed by atoms with E-state index in [4.69, 9.17) is 0 Å². The maximum absolute atomic E-state index is 13.3. The minimum Gasteiger partial charge on any atom is -0.368 e. The van der Waals surface area contributed by atoms with Crippen LogP contribution in [0.2, 0.25) is 0 Å². The van der Waals surface area contributed by atoms with Crippen LogP contribution in [-0.4, -0.2) is 50.0 Å². The van der Waals surface area contributed by atoms with Crippen LogP contribution >= 0.6 is 0 Å². The Morgan fingerprint density at radius 2 is 1.49 bits per heavy atom. The Morgan fingerprint density at radius 3 is 2.20 bits per heavy atom. The highest BCUT2D eigenvalue weighted by Crippen LogP contribution is 2.28. The SMILES string of the molecule is O=C(Cn1cc(S(=O)(=O)Cc2ccc(F)cc2)c2ccccc21)N1CCN(c2ccccc2)CC1. The molecule has 0 atom stereocenters. The maximum atomic E-state index is 13.3. The van der Waals surface area contributed by atoms with Gasteiger partial charge in [-0.1, -0.05) is 48.5 Å². The Balaban J connectivity index is 1.34. The van der Waals surface area contributed by atoms with Crippen molar-refractivity contribution in [3.8, 4) is 0 Å². The number of hydrogen-bond acceptors (Lipinski definition) is 4. The number of carbonyl (C=O) groups excluding carboxylic acids is 1. The average Bonchev–Trinajstić information content (AvgIpc) is 3.25. The predicted molar refractivity (Wildman–Crippen MR) is 134 cm³/mol. The Hall–Kier alpha value is -3.65. The molecule has 0 unspecified atom stereocenters. The normalized spacial score (nSPS) is 14.4. The third-order valence-corrected chi connectivity index (χ3v) is 8.13. The van der Waals surface area contributed by atoms with Crippen LogP contribution in [0, 0.1) is 5.82 Å². The molecule has 0 bridgehead atoms. The summed E-state index contributed by atoms with van der Waals surface area (Å²) in [5, 5.41) is 0.580. The van der Waals surface area contributed by atoms with Crippen molar-refractivity contribution in [1.82, 2.24) is 9.47 Å². The van der Waals surface area contributed by atoms with Crippen LogP contribution in [0.4, 0.5) is 10.1 Å². The van der Waals surface area contributed by atoms with Gasteiger partial charge in [0.1, 0.15) is 12.4 Å². The lowest BCUT2D eigenvalue weighted by Gasteiger charge is -2.36. The van der Waals surface area contributed by atoms with Gasteiger partial charge in [0.25, 0.3) is 0 Å². The van der Waals surface area contributed by atoms with Crippen molar-refractivity contribution in [2.24, 2.45) is 0 Å². The molecule has 1 saturated heterocycles. The van der Waals surface area contributed by atoms with Crippen LogP contribution in [0.5, 0.6) is 0 Å². The summed E-state index contributed by atoms with van der Waals surface area (Å²) in [6.45, 7) is 2.79. The second-order valence-corrected chi connectivity index (χ2v) is 10.7. The molecule has 0 saturated carbocycles. The first-order chi connectivity index (χ1) is 16.9. The second kappa shape index (κ2) is 9.54. The molecule has 1 aliphatic heterocycles. The van der Waals surface area contributed by atoms with Crippen molar-refractivity contribution in [3.05, 3.63) is 96.4 Å². The summed E-state index contributed by atoms with van der Waals surface area (Å²) >= 11 is 0. The smallest absolute Gasteiger partial charge is 0.242 e. The molecule has 1 aromatic heterocycles. The fourth-order valence-corrected chi connectivity index (χ4v) is 6.15. The quantitative estimate of drug-likeness (QED) is 0.407. The summed E-state index contributed by atoms with van der Waals surface area (Å²) in [4.78, 5) is 17.4. The summed E-state index contributed by atoms with van der Waals surface area (Å²) in [7, 11) is -3.71. The van der Waals surface area contributed by atoms with Gasteiger partial charge in [-0.3, -0.25) is 4.79 Å². The van der Waals surface area contributed by atoms with E-state index in [1.54, 1.807) is 22.9 Å². The molecular weight excluding hydrogens is 465 g/mol. The number of benzene rings is 3. The summed E-state index contributed by atoms with van der Waals surface area (Å²) in [5.41, 5.74) is 2.35. The van der Waals surface area contributed by atoms with Crippen LogP contribution in [0.15, 0.2) is 90.0 Å². The zero-order chi connectivity index (χ0) is 24.4. The number of fused-ring (bicyclic) bond motifs is 1. The van der Waals surface area contributed by atoms with Crippen LogP contribution in [0.25, 0.3) is 10.9 Å². The molecule has 0 N–H and O–H groups in total. The molecule has 5 rings (SSSR count). The first-order valence-electron chi connectivity index (χ1n) is 11.5. The Labute approximate surface area is 204 Å². The van der Waals surface area contributed by atoms with E-state index in [1.807, 2.05) is 35.2 Å². The molecule has 8 heteroatoms. The Morgan fingerprint density at radius 1 is 0.829 bits per heavy atom. The largest absolute Gasteiger partial charge is 0.368 e. The van der Waals surface area contributed by atoms with E-state index in [0.717, 1.165) is 18.8 Å². The van der Waals surface area contributed by atoms with Crippen molar-refractivity contribution < 1.29 is 17.6 Å². The molecule has 0 aliphatic carbocycles. The van der Waals surface area contributed by atoms with E-state index in [-0.39, 0.29) is 23.1 Å². The van der Waals surface area contributed by atoms with E-state index in [0.29, 0.717) is 29.6 Å². The van der Waals surface area contributed by atoms with Crippen molar-refractivity contribution in [2.45, 2.75) is 17.2 Å².